The molecule has 0 bridgehead atoms. The third-order valence-corrected chi connectivity index (χ3v) is 6.01. The van der Waals surface area contributed by atoms with E-state index in [1.807, 2.05) is 4.90 Å². The van der Waals surface area contributed by atoms with Crippen molar-refractivity contribution < 1.29 is 17.9 Å². The molecule has 1 amide bonds. The summed E-state index contributed by atoms with van der Waals surface area (Å²) in [6, 6.07) is 0. The van der Waals surface area contributed by atoms with Crippen LogP contribution in [0.25, 0.3) is 0 Å². The minimum atomic E-state index is -2.96. The summed E-state index contributed by atoms with van der Waals surface area (Å²) in [5.74, 6) is 0.363. The number of amides is 1. The molecule has 0 aromatic carbocycles. The molecule has 9 heteroatoms. The number of sulfone groups is 1. The van der Waals surface area contributed by atoms with Crippen LogP contribution in [-0.4, -0.2) is 53.1 Å². The molecule has 3 N–H and O–H groups in total. The Morgan fingerprint density at radius 3 is 2.50 bits per heavy atom. The Labute approximate surface area is 121 Å². The fourth-order valence-corrected chi connectivity index (χ4v) is 4.41. The van der Waals surface area contributed by atoms with E-state index >= 15 is 0 Å². The zero-order valence-corrected chi connectivity index (χ0v) is 12.9. The van der Waals surface area contributed by atoms with Crippen molar-refractivity contribution in [3.8, 4) is 5.75 Å². The Morgan fingerprint density at radius 2 is 2.00 bits per heavy atom. The highest BCUT2D eigenvalue weighted by Gasteiger charge is 2.29. The van der Waals surface area contributed by atoms with Crippen LogP contribution in [0.5, 0.6) is 5.75 Å². The molecule has 1 aliphatic rings. The van der Waals surface area contributed by atoms with E-state index in [1.54, 1.807) is 0 Å². The third kappa shape index (κ3) is 2.68. The Morgan fingerprint density at radius 1 is 1.40 bits per heavy atom. The van der Waals surface area contributed by atoms with Gasteiger partial charge in [0.1, 0.15) is 15.6 Å². The van der Waals surface area contributed by atoms with Crippen molar-refractivity contribution in [3.05, 3.63) is 4.88 Å². The van der Waals surface area contributed by atoms with E-state index in [4.69, 9.17) is 10.5 Å². The number of carbonyl (C=O) groups is 1. The van der Waals surface area contributed by atoms with Gasteiger partial charge in [-0.2, -0.15) is 0 Å². The summed E-state index contributed by atoms with van der Waals surface area (Å²) in [6.45, 7) is 0.762. The van der Waals surface area contributed by atoms with Crippen molar-refractivity contribution in [1.82, 2.24) is 5.32 Å². The first-order valence-corrected chi connectivity index (χ1v) is 8.67. The van der Waals surface area contributed by atoms with Crippen molar-refractivity contribution in [1.29, 1.82) is 0 Å². The number of rotatable bonds is 3. The summed E-state index contributed by atoms with van der Waals surface area (Å²) in [5.41, 5.74) is 6.22. The van der Waals surface area contributed by atoms with E-state index in [0.29, 0.717) is 34.4 Å². The second kappa shape index (κ2) is 5.49. The van der Waals surface area contributed by atoms with Gasteiger partial charge in [-0.3, -0.25) is 4.79 Å². The van der Waals surface area contributed by atoms with Gasteiger partial charge in [0.15, 0.2) is 15.6 Å². The van der Waals surface area contributed by atoms with E-state index in [-0.39, 0.29) is 17.4 Å². The first kappa shape index (κ1) is 14.9. The van der Waals surface area contributed by atoms with Crippen molar-refractivity contribution in [2.75, 3.05) is 49.4 Å². The van der Waals surface area contributed by atoms with Gasteiger partial charge in [-0.25, -0.2) is 8.42 Å². The molecular formula is C11H17N3O4S2. The third-order valence-electron chi connectivity index (χ3n) is 3.15. The van der Waals surface area contributed by atoms with Crippen LogP contribution in [0, 0.1) is 0 Å². The lowest BCUT2D eigenvalue weighted by molar-refractivity contribution is 0.0967. The average molecular weight is 319 g/mol. The van der Waals surface area contributed by atoms with Gasteiger partial charge in [0.2, 0.25) is 0 Å². The first-order valence-electron chi connectivity index (χ1n) is 6.03. The van der Waals surface area contributed by atoms with Gasteiger partial charge in [0, 0.05) is 20.1 Å². The van der Waals surface area contributed by atoms with Crippen LogP contribution < -0.4 is 20.7 Å². The zero-order chi connectivity index (χ0) is 14.9. The lowest BCUT2D eigenvalue weighted by Gasteiger charge is -2.27. The molecule has 0 unspecified atom stereocenters. The van der Waals surface area contributed by atoms with Crippen LogP contribution in [0.15, 0.2) is 0 Å². The van der Waals surface area contributed by atoms with Gasteiger partial charge in [-0.15, -0.1) is 11.3 Å². The van der Waals surface area contributed by atoms with Gasteiger partial charge in [-0.05, 0) is 0 Å². The van der Waals surface area contributed by atoms with Gasteiger partial charge < -0.3 is 20.7 Å². The smallest absolute Gasteiger partial charge is 0.263 e. The lowest BCUT2D eigenvalue weighted by atomic mass is 10.3. The number of anilines is 2. The summed E-state index contributed by atoms with van der Waals surface area (Å²) >= 11 is 1.22. The Balaban J connectivity index is 2.35. The average Bonchev–Trinajstić information content (AvgIpc) is 2.75. The van der Waals surface area contributed by atoms with E-state index in [9.17, 15) is 13.2 Å². The Kier molecular flexibility index (Phi) is 4.09. The van der Waals surface area contributed by atoms with Gasteiger partial charge in [-0.1, -0.05) is 0 Å². The maximum atomic E-state index is 11.8. The highest BCUT2D eigenvalue weighted by atomic mass is 32.2. The predicted octanol–water partition coefficient (Wildman–Crippen LogP) is -0.0667. The van der Waals surface area contributed by atoms with Crippen molar-refractivity contribution >= 4 is 37.8 Å². The summed E-state index contributed by atoms with van der Waals surface area (Å²) in [6.07, 6.45) is 0. The largest absolute Gasteiger partial charge is 0.492 e. The van der Waals surface area contributed by atoms with Crippen LogP contribution >= 0.6 is 11.3 Å². The monoisotopic (exact) mass is 319 g/mol. The normalized spacial score (nSPS) is 17.8. The first-order chi connectivity index (χ1) is 9.39. The number of nitrogens with zero attached hydrogens (tertiary/aromatic N) is 1. The number of ether oxygens (including phenoxy) is 1. The zero-order valence-electron chi connectivity index (χ0n) is 11.3. The van der Waals surface area contributed by atoms with Crippen LogP contribution in [0.2, 0.25) is 0 Å². The number of nitrogens with two attached hydrogens (primary N) is 1. The van der Waals surface area contributed by atoms with Crippen molar-refractivity contribution in [2.24, 2.45) is 0 Å². The molecule has 1 saturated heterocycles. The molecule has 112 valence electrons. The molecule has 0 spiro atoms. The Hall–Kier alpha value is -1.48. The standard InChI is InChI=1S/C11H17N3O4S2/c1-13-10(15)9-7(12)8(18-2)11(19-9)14-3-5-20(16,17)6-4-14/h3-6,12H2,1-2H3,(H,13,15). The molecule has 1 aromatic rings. The number of carbonyl (C=O) groups excluding carboxylic acids is 1. The Bertz CT molecular complexity index is 610. The molecular weight excluding hydrogens is 302 g/mol. The fourth-order valence-electron chi connectivity index (χ4n) is 2.02. The number of hydrogen-bond acceptors (Lipinski definition) is 7. The van der Waals surface area contributed by atoms with Crippen molar-refractivity contribution in [2.45, 2.75) is 0 Å². The van der Waals surface area contributed by atoms with Crippen LogP contribution in [0.3, 0.4) is 0 Å². The highest BCUT2D eigenvalue weighted by Crippen LogP contribution is 2.45. The molecule has 2 heterocycles. The number of methoxy groups -OCH3 is 1. The summed E-state index contributed by atoms with van der Waals surface area (Å²) < 4.78 is 28.2. The minimum absolute atomic E-state index is 0.100. The fraction of sp³-hybridized carbons (Fsp3) is 0.545. The SMILES string of the molecule is CNC(=O)c1sc(N2CCS(=O)(=O)CC2)c(OC)c1N. The quantitative estimate of drug-likeness (QED) is 0.809. The number of nitrogen functional groups attached to an aromatic ring is 1. The molecule has 0 saturated carbocycles. The maximum Gasteiger partial charge on any atom is 0.263 e. The molecule has 20 heavy (non-hydrogen) atoms. The van der Waals surface area contributed by atoms with Gasteiger partial charge in [0.05, 0.1) is 18.6 Å². The van der Waals surface area contributed by atoms with E-state index < -0.39 is 9.84 Å². The summed E-state index contributed by atoms with van der Waals surface area (Å²) in [4.78, 5) is 14.0. The van der Waals surface area contributed by atoms with Crippen molar-refractivity contribution in [3.63, 3.8) is 0 Å². The maximum absolute atomic E-state index is 11.8. The lowest BCUT2D eigenvalue weighted by Crippen LogP contribution is -2.40. The second-order valence-corrected chi connectivity index (χ2v) is 7.70. The van der Waals surface area contributed by atoms with Crippen LogP contribution in [0.1, 0.15) is 9.67 Å². The van der Waals surface area contributed by atoms with Gasteiger partial charge in [0.25, 0.3) is 5.91 Å². The van der Waals surface area contributed by atoms with E-state index in [1.165, 1.54) is 25.5 Å². The number of thiophene rings is 1. The molecule has 1 aliphatic heterocycles. The summed E-state index contributed by atoms with van der Waals surface area (Å²) in [7, 11) is 0.0553. The second-order valence-electron chi connectivity index (χ2n) is 4.40. The predicted molar refractivity (Wildman–Crippen MR) is 79.5 cm³/mol. The molecule has 0 atom stereocenters. The van der Waals surface area contributed by atoms with Crippen LogP contribution in [0.4, 0.5) is 10.7 Å². The molecule has 1 fully saturated rings. The molecule has 1 aromatic heterocycles. The number of nitrogens with one attached hydrogen (secondary N) is 1. The molecule has 7 nitrogen and oxygen atoms in total. The molecule has 0 aliphatic carbocycles. The minimum Gasteiger partial charge on any atom is -0.492 e. The van der Waals surface area contributed by atoms with E-state index in [0.717, 1.165) is 0 Å². The topological polar surface area (TPSA) is 102 Å². The molecule has 2 rings (SSSR count). The highest BCUT2D eigenvalue weighted by molar-refractivity contribution is 7.91. The van der Waals surface area contributed by atoms with Crippen LogP contribution in [-0.2, 0) is 9.84 Å². The van der Waals surface area contributed by atoms with Gasteiger partial charge >= 0.3 is 0 Å². The summed E-state index contributed by atoms with van der Waals surface area (Å²) in [5, 5.41) is 3.23. The molecule has 0 radical (unpaired) electrons. The number of hydrogen-bond donors (Lipinski definition) is 2. The van der Waals surface area contributed by atoms with E-state index in [2.05, 4.69) is 5.32 Å².